The standard InChI is InChI=1S/C26H35N3O7S/c1-18(30)27-20-9-11-22(12-10-20)37(32,33)36-24-15-19(8-13-23(24)34-5)16-29(17-21-7-6-14-35-21)25(31)28-26(2,3)4/h8-13,15,21H,6-7,14,16-17H2,1-5H3,(H,27,30)(H,28,31)/t21-/m1/s1. The summed E-state index contributed by atoms with van der Waals surface area (Å²) in [6.45, 7) is 8.37. The van der Waals surface area contributed by atoms with Gasteiger partial charge in [-0.25, -0.2) is 4.79 Å². The van der Waals surface area contributed by atoms with Crippen molar-refractivity contribution < 1.29 is 31.7 Å². The van der Waals surface area contributed by atoms with Crippen molar-refractivity contribution in [3.05, 3.63) is 48.0 Å². The predicted octanol–water partition coefficient (Wildman–Crippen LogP) is 3.91. The van der Waals surface area contributed by atoms with Crippen molar-refractivity contribution in [3.8, 4) is 11.5 Å². The number of amides is 3. The highest BCUT2D eigenvalue weighted by Gasteiger charge is 2.26. The lowest BCUT2D eigenvalue weighted by Crippen LogP contribution is -2.50. The van der Waals surface area contributed by atoms with E-state index in [9.17, 15) is 18.0 Å². The monoisotopic (exact) mass is 533 g/mol. The summed E-state index contributed by atoms with van der Waals surface area (Å²) in [5, 5.41) is 5.56. The molecule has 2 aromatic rings. The van der Waals surface area contributed by atoms with Crippen LogP contribution in [0, 0.1) is 0 Å². The Labute approximate surface area is 218 Å². The van der Waals surface area contributed by atoms with Crippen molar-refractivity contribution in [2.24, 2.45) is 0 Å². The Kier molecular flexibility index (Phi) is 9.03. The van der Waals surface area contributed by atoms with Gasteiger partial charge in [0.05, 0.1) is 13.2 Å². The van der Waals surface area contributed by atoms with Crippen molar-refractivity contribution in [1.29, 1.82) is 0 Å². The van der Waals surface area contributed by atoms with Gasteiger partial charge in [0.2, 0.25) is 5.91 Å². The molecule has 1 heterocycles. The van der Waals surface area contributed by atoms with Gasteiger partial charge < -0.3 is 29.2 Å². The van der Waals surface area contributed by atoms with E-state index in [0.29, 0.717) is 24.4 Å². The molecule has 11 heteroatoms. The number of methoxy groups -OCH3 is 1. The molecule has 37 heavy (non-hydrogen) atoms. The largest absolute Gasteiger partial charge is 0.493 e. The topological polar surface area (TPSA) is 123 Å². The van der Waals surface area contributed by atoms with Crippen LogP contribution in [0.25, 0.3) is 0 Å². The molecule has 0 saturated carbocycles. The average molecular weight is 534 g/mol. The number of nitrogens with one attached hydrogen (secondary N) is 2. The van der Waals surface area contributed by atoms with Crippen LogP contribution in [0.3, 0.4) is 0 Å². The molecule has 1 aliphatic rings. The Morgan fingerprint density at radius 2 is 1.81 bits per heavy atom. The Morgan fingerprint density at radius 1 is 1.11 bits per heavy atom. The van der Waals surface area contributed by atoms with E-state index in [-0.39, 0.29) is 41.0 Å². The van der Waals surface area contributed by atoms with Crippen LogP contribution in [0.4, 0.5) is 10.5 Å². The van der Waals surface area contributed by atoms with Crippen molar-refractivity contribution in [2.75, 3.05) is 25.6 Å². The summed E-state index contributed by atoms with van der Waals surface area (Å²) in [6, 6.07) is 10.3. The van der Waals surface area contributed by atoms with E-state index in [1.54, 1.807) is 23.1 Å². The maximum absolute atomic E-state index is 13.0. The molecule has 3 rings (SSSR count). The first-order valence-corrected chi connectivity index (χ1v) is 13.4. The minimum absolute atomic E-state index is 0.000710. The van der Waals surface area contributed by atoms with Gasteiger partial charge in [-0.2, -0.15) is 8.42 Å². The molecule has 2 aromatic carbocycles. The second kappa shape index (κ2) is 11.8. The molecule has 1 saturated heterocycles. The van der Waals surface area contributed by atoms with Crippen LogP contribution in [-0.2, 0) is 26.2 Å². The van der Waals surface area contributed by atoms with Crippen molar-refractivity contribution in [1.82, 2.24) is 10.2 Å². The van der Waals surface area contributed by atoms with Crippen LogP contribution < -0.4 is 19.6 Å². The first-order chi connectivity index (χ1) is 17.4. The van der Waals surface area contributed by atoms with E-state index < -0.39 is 15.7 Å². The first-order valence-electron chi connectivity index (χ1n) is 12.0. The minimum Gasteiger partial charge on any atom is -0.493 e. The number of hydrogen-bond acceptors (Lipinski definition) is 7. The minimum atomic E-state index is -4.20. The lowest BCUT2D eigenvalue weighted by atomic mass is 10.1. The van der Waals surface area contributed by atoms with E-state index in [4.69, 9.17) is 13.7 Å². The lowest BCUT2D eigenvalue weighted by molar-refractivity contribution is -0.114. The third-order valence-corrected chi connectivity index (χ3v) is 6.73. The third-order valence-electron chi connectivity index (χ3n) is 5.48. The molecule has 0 spiro atoms. The molecular formula is C26H35N3O7S. The quantitative estimate of drug-likeness (QED) is 0.469. The molecule has 1 atom stereocenters. The van der Waals surface area contributed by atoms with E-state index in [1.165, 1.54) is 38.3 Å². The second-order valence-electron chi connectivity index (χ2n) is 9.92. The molecule has 0 aromatic heterocycles. The third kappa shape index (κ3) is 8.36. The number of ether oxygens (including phenoxy) is 2. The Balaban J connectivity index is 1.83. The Morgan fingerprint density at radius 3 is 2.38 bits per heavy atom. The molecule has 0 bridgehead atoms. The Bertz CT molecular complexity index is 1200. The highest BCUT2D eigenvalue weighted by Crippen LogP contribution is 2.32. The number of anilines is 1. The van der Waals surface area contributed by atoms with Gasteiger partial charge in [0.25, 0.3) is 0 Å². The summed E-state index contributed by atoms with van der Waals surface area (Å²) < 4.78 is 42.5. The van der Waals surface area contributed by atoms with E-state index in [0.717, 1.165) is 12.8 Å². The van der Waals surface area contributed by atoms with Crippen LogP contribution in [0.15, 0.2) is 47.4 Å². The maximum Gasteiger partial charge on any atom is 0.339 e. The first kappa shape index (κ1) is 28.3. The van der Waals surface area contributed by atoms with E-state index in [2.05, 4.69) is 10.6 Å². The number of carbonyl (C=O) groups is 2. The molecule has 202 valence electrons. The molecular weight excluding hydrogens is 498 g/mol. The fourth-order valence-electron chi connectivity index (χ4n) is 3.83. The zero-order chi connectivity index (χ0) is 27.2. The van der Waals surface area contributed by atoms with Gasteiger partial charge in [-0.3, -0.25) is 4.79 Å². The van der Waals surface area contributed by atoms with Crippen LogP contribution in [0.5, 0.6) is 11.5 Å². The summed E-state index contributed by atoms with van der Waals surface area (Å²) in [5.41, 5.74) is 0.698. The highest BCUT2D eigenvalue weighted by atomic mass is 32.2. The summed E-state index contributed by atoms with van der Waals surface area (Å²) >= 11 is 0. The highest BCUT2D eigenvalue weighted by molar-refractivity contribution is 7.87. The fourth-order valence-corrected chi connectivity index (χ4v) is 4.77. The fraction of sp³-hybridized carbons (Fsp3) is 0.462. The van der Waals surface area contributed by atoms with Crippen LogP contribution in [0.2, 0.25) is 0 Å². The Hall–Kier alpha value is -3.31. The van der Waals surface area contributed by atoms with Crippen LogP contribution in [0.1, 0.15) is 46.1 Å². The van der Waals surface area contributed by atoms with Crippen LogP contribution >= 0.6 is 0 Å². The zero-order valence-electron chi connectivity index (χ0n) is 21.9. The van der Waals surface area contributed by atoms with Crippen molar-refractivity contribution >= 4 is 27.7 Å². The molecule has 0 aliphatic carbocycles. The lowest BCUT2D eigenvalue weighted by Gasteiger charge is -2.30. The van der Waals surface area contributed by atoms with Gasteiger partial charge in [0.1, 0.15) is 4.90 Å². The summed E-state index contributed by atoms with van der Waals surface area (Å²) in [6.07, 6.45) is 1.76. The number of rotatable bonds is 9. The van der Waals surface area contributed by atoms with E-state index in [1.807, 2.05) is 20.8 Å². The molecule has 1 aliphatic heterocycles. The number of nitrogens with zero attached hydrogens (tertiary/aromatic N) is 1. The molecule has 0 radical (unpaired) electrons. The van der Waals surface area contributed by atoms with Crippen molar-refractivity contribution in [2.45, 2.75) is 63.6 Å². The second-order valence-corrected chi connectivity index (χ2v) is 11.5. The summed E-state index contributed by atoms with van der Waals surface area (Å²) in [5.74, 6) is -0.0376. The van der Waals surface area contributed by atoms with Crippen LogP contribution in [-0.4, -0.2) is 57.2 Å². The maximum atomic E-state index is 13.0. The number of carbonyl (C=O) groups excluding carboxylic acids is 2. The number of benzene rings is 2. The molecule has 2 N–H and O–H groups in total. The van der Waals surface area contributed by atoms with E-state index >= 15 is 0 Å². The average Bonchev–Trinajstić information content (AvgIpc) is 3.31. The summed E-state index contributed by atoms with van der Waals surface area (Å²) in [4.78, 5) is 25.8. The van der Waals surface area contributed by atoms with Gasteiger partial charge >= 0.3 is 16.1 Å². The molecule has 1 fully saturated rings. The van der Waals surface area contributed by atoms with Crippen molar-refractivity contribution in [3.63, 3.8) is 0 Å². The predicted molar refractivity (Wildman–Crippen MR) is 139 cm³/mol. The van der Waals surface area contributed by atoms with Gasteiger partial charge in [0, 0.05) is 37.8 Å². The van der Waals surface area contributed by atoms with Gasteiger partial charge in [-0.1, -0.05) is 6.07 Å². The number of hydrogen-bond donors (Lipinski definition) is 2. The summed E-state index contributed by atoms with van der Waals surface area (Å²) in [7, 11) is -2.79. The molecule has 0 unspecified atom stereocenters. The molecule has 3 amide bonds. The molecule has 10 nitrogen and oxygen atoms in total. The normalized spacial score (nSPS) is 15.6. The number of urea groups is 1. The van der Waals surface area contributed by atoms with Gasteiger partial charge in [-0.05, 0) is 75.6 Å². The smallest absolute Gasteiger partial charge is 0.339 e. The SMILES string of the molecule is COc1ccc(CN(C[C@H]2CCCO2)C(=O)NC(C)(C)C)cc1OS(=O)(=O)c1ccc(NC(C)=O)cc1. The zero-order valence-corrected chi connectivity index (χ0v) is 22.7. The van der Waals surface area contributed by atoms with Gasteiger partial charge in [-0.15, -0.1) is 0 Å². The van der Waals surface area contributed by atoms with Gasteiger partial charge in [0.15, 0.2) is 11.5 Å².